The highest BCUT2D eigenvalue weighted by Crippen LogP contribution is 2.22. The van der Waals surface area contributed by atoms with E-state index in [0.717, 1.165) is 12.1 Å². The molecule has 4 nitrogen and oxygen atoms in total. The van der Waals surface area contributed by atoms with E-state index < -0.39 is 23.1 Å². The van der Waals surface area contributed by atoms with E-state index in [-0.39, 0.29) is 17.1 Å². The summed E-state index contributed by atoms with van der Waals surface area (Å²) in [5.74, 6) is -2.92. The summed E-state index contributed by atoms with van der Waals surface area (Å²) in [4.78, 5) is 11.9. The van der Waals surface area contributed by atoms with Gasteiger partial charge in [0.1, 0.15) is 0 Å². The van der Waals surface area contributed by atoms with E-state index in [0.29, 0.717) is 26.1 Å². The smallest absolute Gasteiger partial charge is 0.253 e. The summed E-state index contributed by atoms with van der Waals surface area (Å²) in [5.41, 5.74) is -1.21. The number of halogens is 3. The third-order valence-corrected chi connectivity index (χ3v) is 3.57. The monoisotopic (exact) mass is 305 g/mol. The molecule has 1 aromatic rings. The third-order valence-electron chi connectivity index (χ3n) is 3.26. The van der Waals surface area contributed by atoms with E-state index in [9.17, 15) is 18.7 Å². The summed E-state index contributed by atoms with van der Waals surface area (Å²) in [6, 6.07) is 1.48. The van der Waals surface area contributed by atoms with Crippen LogP contribution < -0.4 is 5.32 Å². The van der Waals surface area contributed by atoms with E-state index in [4.69, 9.17) is 16.3 Å². The lowest BCUT2D eigenvalue weighted by Gasteiger charge is -2.32. The Morgan fingerprint density at radius 2 is 1.95 bits per heavy atom. The summed E-state index contributed by atoms with van der Waals surface area (Å²) in [6.45, 7) is 0.834. The highest BCUT2D eigenvalue weighted by molar-refractivity contribution is 6.33. The molecule has 0 spiro atoms. The van der Waals surface area contributed by atoms with Crippen molar-refractivity contribution in [1.82, 2.24) is 5.32 Å². The first-order valence-corrected chi connectivity index (χ1v) is 6.52. The number of amides is 1. The van der Waals surface area contributed by atoms with Gasteiger partial charge in [-0.05, 0) is 12.1 Å². The number of benzene rings is 1. The van der Waals surface area contributed by atoms with Crippen LogP contribution in [0.15, 0.2) is 12.1 Å². The van der Waals surface area contributed by atoms with Gasteiger partial charge < -0.3 is 15.2 Å². The van der Waals surface area contributed by atoms with Crippen LogP contribution in [0.5, 0.6) is 0 Å². The zero-order valence-corrected chi connectivity index (χ0v) is 11.3. The van der Waals surface area contributed by atoms with Crippen molar-refractivity contribution >= 4 is 17.5 Å². The van der Waals surface area contributed by atoms with Gasteiger partial charge in [0.15, 0.2) is 11.6 Å². The van der Waals surface area contributed by atoms with E-state index in [1.54, 1.807) is 0 Å². The zero-order valence-electron chi connectivity index (χ0n) is 10.6. The number of carbonyl (C=O) groups is 1. The molecule has 0 bridgehead atoms. The highest BCUT2D eigenvalue weighted by atomic mass is 35.5. The molecule has 0 radical (unpaired) electrons. The van der Waals surface area contributed by atoms with Crippen molar-refractivity contribution in [2.75, 3.05) is 19.8 Å². The molecule has 1 aliphatic heterocycles. The van der Waals surface area contributed by atoms with Crippen LogP contribution >= 0.6 is 11.6 Å². The molecule has 0 unspecified atom stereocenters. The minimum absolute atomic E-state index is 0.00448. The number of aliphatic hydroxyl groups is 1. The molecule has 1 fully saturated rings. The molecule has 1 amide bonds. The maximum atomic E-state index is 13.1. The minimum Gasteiger partial charge on any atom is -0.388 e. The molecular weight excluding hydrogens is 292 g/mol. The maximum absolute atomic E-state index is 13.1. The Morgan fingerprint density at radius 1 is 1.35 bits per heavy atom. The summed E-state index contributed by atoms with van der Waals surface area (Å²) in [5, 5.41) is 12.5. The van der Waals surface area contributed by atoms with Gasteiger partial charge in [0.25, 0.3) is 5.91 Å². The second-order valence-corrected chi connectivity index (χ2v) is 5.17. The first-order chi connectivity index (χ1) is 9.41. The Kier molecular flexibility index (Phi) is 4.57. The van der Waals surface area contributed by atoms with Crippen LogP contribution in [0, 0.1) is 11.6 Å². The molecular formula is C13H14ClF2NO3. The normalized spacial score (nSPS) is 17.8. The van der Waals surface area contributed by atoms with Crippen molar-refractivity contribution in [1.29, 1.82) is 0 Å². The van der Waals surface area contributed by atoms with E-state index in [1.165, 1.54) is 0 Å². The molecule has 1 saturated heterocycles. The number of hydrogen-bond acceptors (Lipinski definition) is 3. The molecule has 0 aromatic heterocycles. The lowest BCUT2D eigenvalue weighted by atomic mass is 9.94. The lowest BCUT2D eigenvalue weighted by molar-refractivity contribution is -0.0605. The van der Waals surface area contributed by atoms with Crippen LogP contribution in [0.1, 0.15) is 23.2 Å². The molecule has 20 heavy (non-hydrogen) atoms. The quantitative estimate of drug-likeness (QED) is 0.839. The van der Waals surface area contributed by atoms with Crippen LogP contribution in [0.3, 0.4) is 0 Å². The fourth-order valence-electron chi connectivity index (χ4n) is 1.96. The standard InChI is InChI=1S/C13H14ClF2NO3/c14-9-6-11(16)10(15)5-8(9)12(18)17-7-13(19)1-3-20-4-2-13/h5-6,19H,1-4,7H2,(H,17,18). The van der Waals surface area contributed by atoms with Gasteiger partial charge in [0, 0.05) is 32.6 Å². The topological polar surface area (TPSA) is 58.6 Å². The number of hydrogen-bond donors (Lipinski definition) is 2. The average Bonchev–Trinajstić information content (AvgIpc) is 2.41. The second-order valence-electron chi connectivity index (χ2n) is 4.77. The molecule has 1 aromatic carbocycles. The number of nitrogens with one attached hydrogen (secondary N) is 1. The Morgan fingerprint density at radius 3 is 2.60 bits per heavy atom. The summed E-state index contributed by atoms with van der Waals surface area (Å²) in [7, 11) is 0. The van der Waals surface area contributed by atoms with Gasteiger partial charge in [-0.15, -0.1) is 0 Å². The predicted molar refractivity (Wildman–Crippen MR) is 68.7 cm³/mol. The summed E-state index contributed by atoms with van der Waals surface area (Å²) < 4.78 is 31.1. The molecule has 1 heterocycles. The van der Waals surface area contributed by atoms with Gasteiger partial charge in [-0.25, -0.2) is 8.78 Å². The number of rotatable bonds is 3. The summed E-state index contributed by atoms with van der Waals surface area (Å²) in [6.07, 6.45) is 0.803. The fourth-order valence-corrected chi connectivity index (χ4v) is 2.20. The van der Waals surface area contributed by atoms with Gasteiger partial charge in [0.05, 0.1) is 16.2 Å². The largest absolute Gasteiger partial charge is 0.388 e. The van der Waals surface area contributed by atoms with Gasteiger partial charge in [-0.1, -0.05) is 11.6 Å². The van der Waals surface area contributed by atoms with Crippen LogP contribution in [0.4, 0.5) is 8.78 Å². The van der Waals surface area contributed by atoms with Gasteiger partial charge >= 0.3 is 0 Å². The molecule has 1 aliphatic rings. The van der Waals surface area contributed by atoms with Crippen molar-refractivity contribution in [3.05, 3.63) is 34.4 Å². The average molecular weight is 306 g/mol. The Hall–Kier alpha value is -1.24. The van der Waals surface area contributed by atoms with Gasteiger partial charge in [0.2, 0.25) is 0 Å². The minimum atomic E-state index is -1.15. The van der Waals surface area contributed by atoms with Gasteiger partial charge in [-0.3, -0.25) is 4.79 Å². The molecule has 2 N–H and O–H groups in total. The van der Waals surface area contributed by atoms with Crippen molar-refractivity contribution < 1.29 is 23.4 Å². The van der Waals surface area contributed by atoms with E-state index >= 15 is 0 Å². The van der Waals surface area contributed by atoms with Crippen molar-refractivity contribution in [2.45, 2.75) is 18.4 Å². The molecule has 7 heteroatoms. The van der Waals surface area contributed by atoms with Gasteiger partial charge in [-0.2, -0.15) is 0 Å². The Balaban J connectivity index is 2.03. The molecule has 0 aliphatic carbocycles. The third kappa shape index (κ3) is 3.45. The highest BCUT2D eigenvalue weighted by Gasteiger charge is 2.30. The molecule has 0 atom stereocenters. The SMILES string of the molecule is O=C(NCC1(O)CCOCC1)c1cc(F)c(F)cc1Cl. The lowest BCUT2D eigenvalue weighted by Crippen LogP contribution is -2.46. The molecule has 110 valence electrons. The first-order valence-electron chi connectivity index (χ1n) is 6.14. The van der Waals surface area contributed by atoms with E-state index in [2.05, 4.69) is 5.32 Å². The number of ether oxygens (including phenoxy) is 1. The predicted octanol–water partition coefficient (Wildman–Crippen LogP) is 1.89. The van der Waals surface area contributed by atoms with Crippen molar-refractivity contribution in [2.24, 2.45) is 0 Å². The number of carbonyl (C=O) groups excluding carboxylic acids is 1. The van der Waals surface area contributed by atoms with Crippen LogP contribution in [-0.4, -0.2) is 36.4 Å². The Labute approximate surface area is 119 Å². The fraction of sp³-hybridized carbons (Fsp3) is 0.462. The maximum Gasteiger partial charge on any atom is 0.253 e. The van der Waals surface area contributed by atoms with E-state index in [1.807, 2.05) is 0 Å². The second kappa shape index (κ2) is 6.03. The summed E-state index contributed by atoms with van der Waals surface area (Å²) >= 11 is 5.70. The van der Waals surface area contributed by atoms with Crippen molar-refractivity contribution in [3.63, 3.8) is 0 Å². The Bertz CT molecular complexity index is 519. The molecule has 0 saturated carbocycles. The zero-order chi connectivity index (χ0) is 14.8. The van der Waals surface area contributed by atoms with Crippen LogP contribution in [0.25, 0.3) is 0 Å². The first kappa shape index (κ1) is 15.2. The van der Waals surface area contributed by atoms with Crippen molar-refractivity contribution in [3.8, 4) is 0 Å². The van der Waals surface area contributed by atoms with Crippen LogP contribution in [-0.2, 0) is 4.74 Å². The molecule has 2 rings (SSSR count). The van der Waals surface area contributed by atoms with Crippen LogP contribution in [0.2, 0.25) is 5.02 Å².